The van der Waals surface area contributed by atoms with Gasteiger partial charge in [0.2, 0.25) is 0 Å². The minimum atomic E-state index is 0.0913. The Balaban J connectivity index is 2.07. The molecule has 0 amide bonds. The summed E-state index contributed by atoms with van der Waals surface area (Å²) in [5.74, 6) is 1.12. The third-order valence-electron chi connectivity index (χ3n) is 2.41. The van der Waals surface area contributed by atoms with Crippen LogP contribution in [0.2, 0.25) is 5.15 Å². The number of halogens is 1. The summed E-state index contributed by atoms with van der Waals surface area (Å²) in [5.41, 5.74) is 1.10. The average molecular weight is 269 g/mol. The Morgan fingerprint density at radius 2 is 2.47 bits per heavy atom. The van der Waals surface area contributed by atoms with Crippen molar-refractivity contribution in [1.82, 2.24) is 9.88 Å². The Morgan fingerprint density at radius 3 is 3.12 bits per heavy atom. The molecule has 1 aliphatic rings. The lowest BCUT2D eigenvalue weighted by Crippen LogP contribution is -2.18. The minimum absolute atomic E-state index is 0.0913. The van der Waals surface area contributed by atoms with Crippen molar-refractivity contribution in [3.05, 3.63) is 40.2 Å². The van der Waals surface area contributed by atoms with Crippen molar-refractivity contribution >= 4 is 29.1 Å². The largest absolute Gasteiger partial charge is 0.361 e. The topological polar surface area (TPSA) is 33.2 Å². The van der Waals surface area contributed by atoms with Crippen molar-refractivity contribution in [3.63, 3.8) is 0 Å². The molecule has 0 atom stereocenters. The average Bonchev–Trinajstić information content (AvgIpc) is 2.68. The number of nitrogens with zero attached hydrogens (tertiary/aromatic N) is 2. The van der Waals surface area contributed by atoms with Crippen LogP contribution in [0.15, 0.2) is 29.4 Å². The van der Waals surface area contributed by atoms with Crippen LogP contribution in [-0.2, 0) is 11.3 Å². The first-order valence-corrected chi connectivity index (χ1v) is 6.72. The second-order valence-electron chi connectivity index (χ2n) is 3.85. The van der Waals surface area contributed by atoms with Crippen molar-refractivity contribution < 1.29 is 4.79 Å². The first-order chi connectivity index (χ1) is 8.15. The van der Waals surface area contributed by atoms with E-state index in [-0.39, 0.29) is 5.78 Å². The minimum Gasteiger partial charge on any atom is -0.361 e. The molecule has 1 saturated heterocycles. The van der Waals surface area contributed by atoms with Crippen LogP contribution in [0.5, 0.6) is 0 Å². The lowest BCUT2D eigenvalue weighted by molar-refractivity contribution is -0.112. The number of carbonyl (C=O) groups is 1. The predicted octanol–water partition coefficient (Wildman–Crippen LogP) is 2.71. The van der Waals surface area contributed by atoms with Crippen molar-refractivity contribution in [2.24, 2.45) is 0 Å². The summed E-state index contributed by atoms with van der Waals surface area (Å²) in [7, 11) is 0. The van der Waals surface area contributed by atoms with Crippen LogP contribution in [0.1, 0.15) is 12.5 Å². The van der Waals surface area contributed by atoms with E-state index in [9.17, 15) is 4.79 Å². The molecule has 0 radical (unpaired) electrons. The molecular formula is C12H13ClN2OS. The summed E-state index contributed by atoms with van der Waals surface area (Å²) in [6.07, 6.45) is 3.47. The molecule has 0 aliphatic carbocycles. The van der Waals surface area contributed by atoms with Gasteiger partial charge in [-0.15, -0.1) is 11.8 Å². The number of allylic oxidation sites excluding steroid dienone is 1. The molecule has 0 aromatic carbocycles. The van der Waals surface area contributed by atoms with Crippen LogP contribution < -0.4 is 0 Å². The van der Waals surface area contributed by atoms with Crippen LogP contribution >= 0.6 is 23.4 Å². The van der Waals surface area contributed by atoms with E-state index in [0.29, 0.717) is 5.15 Å². The van der Waals surface area contributed by atoms with Gasteiger partial charge in [0.25, 0.3) is 0 Å². The van der Waals surface area contributed by atoms with E-state index in [4.69, 9.17) is 11.6 Å². The van der Waals surface area contributed by atoms with Gasteiger partial charge in [0.1, 0.15) is 5.15 Å². The van der Waals surface area contributed by atoms with Crippen LogP contribution in [0.3, 0.4) is 0 Å². The predicted molar refractivity (Wildman–Crippen MR) is 70.9 cm³/mol. The number of ketones is 1. The Labute approximate surface area is 110 Å². The fourth-order valence-corrected chi connectivity index (χ4v) is 2.87. The highest BCUT2D eigenvalue weighted by atomic mass is 35.5. The maximum atomic E-state index is 11.1. The highest BCUT2D eigenvalue weighted by Crippen LogP contribution is 2.29. The molecule has 1 aliphatic heterocycles. The lowest BCUT2D eigenvalue weighted by atomic mass is 10.2. The monoisotopic (exact) mass is 268 g/mol. The lowest BCUT2D eigenvalue weighted by Gasteiger charge is -2.18. The quantitative estimate of drug-likeness (QED) is 0.623. The molecule has 1 aromatic heterocycles. The SMILES string of the molecule is CC(=O)/C=C1\SCCN1Cc1ccc(Cl)nc1. The Bertz CT molecular complexity index is 444. The standard InChI is InChI=1S/C12H13ClN2OS/c1-9(16)6-12-15(4-5-17-12)8-10-2-3-11(13)14-7-10/h2-3,6-7H,4-5,8H2,1H3/b12-6-. The van der Waals surface area contributed by atoms with E-state index in [2.05, 4.69) is 9.88 Å². The molecule has 3 nitrogen and oxygen atoms in total. The second-order valence-corrected chi connectivity index (χ2v) is 5.35. The summed E-state index contributed by atoms with van der Waals surface area (Å²) in [6, 6.07) is 3.75. The molecule has 0 unspecified atom stereocenters. The van der Waals surface area contributed by atoms with Crippen molar-refractivity contribution in [1.29, 1.82) is 0 Å². The van der Waals surface area contributed by atoms with Gasteiger partial charge in [0, 0.05) is 31.1 Å². The third-order valence-corrected chi connectivity index (χ3v) is 3.69. The molecule has 2 heterocycles. The number of hydrogen-bond acceptors (Lipinski definition) is 4. The Morgan fingerprint density at radius 1 is 1.65 bits per heavy atom. The van der Waals surface area contributed by atoms with Gasteiger partial charge in [-0.2, -0.15) is 0 Å². The Hall–Kier alpha value is -1.00. The summed E-state index contributed by atoms with van der Waals surface area (Å²) in [4.78, 5) is 17.3. The number of aromatic nitrogens is 1. The van der Waals surface area contributed by atoms with E-state index in [1.54, 1.807) is 37.0 Å². The molecule has 90 valence electrons. The van der Waals surface area contributed by atoms with E-state index in [1.807, 2.05) is 6.07 Å². The summed E-state index contributed by atoms with van der Waals surface area (Å²) in [6.45, 7) is 3.32. The van der Waals surface area contributed by atoms with Gasteiger partial charge < -0.3 is 4.90 Å². The van der Waals surface area contributed by atoms with E-state index in [0.717, 1.165) is 29.4 Å². The summed E-state index contributed by atoms with van der Waals surface area (Å²) >= 11 is 7.46. The zero-order chi connectivity index (χ0) is 12.3. The molecule has 17 heavy (non-hydrogen) atoms. The number of hydrogen-bond donors (Lipinski definition) is 0. The smallest absolute Gasteiger partial charge is 0.155 e. The van der Waals surface area contributed by atoms with E-state index >= 15 is 0 Å². The zero-order valence-corrected chi connectivity index (χ0v) is 11.1. The molecule has 1 aromatic rings. The number of thioether (sulfide) groups is 1. The summed E-state index contributed by atoms with van der Waals surface area (Å²) < 4.78 is 0. The Kier molecular flexibility index (Phi) is 4.07. The van der Waals surface area contributed by atoms with Gasteiger partial charge in [0.05, 0.1) is 5.03 Å². The van der Waals surface area contributed by atoms with Gasteiger partial charge in [-0.25, -0.2) is 4.98 Å². The normalized spacial score (nSPS) is 17.8. The van der Waals surface area contributed by atoms with Gasteiger partial charge >= 0.3 is 0 Å². The van der Waals surface area contributed by atoms with Crippen molar-refractivity contribution in [2.45, 2.75) is 13.5 Å². The number of pyridine rings is 1. The van der Waals surface area contributed by atoms with Crippen molar-refractivity contribution in [2.75, 3.05) is 12.3 Å². The van der Waals surface area contributed by atoms with Gasteiger partial charge in [0.15, 0.2) is 5.78 Å². The fraction of sp³-hybridized carbons (Fsp3) is 0.333. The van der Waals surface area contributed by atoms with E-state index in [1.165, 1.54) is 0 Å². The zero-order valence-electron chi connectivity index (χ0n) is 9.52. The first kappa shape index (κ1) is 12.5. The molecule has 0 saturated carbocycles. The molecule has 0 spiro atoms. The molecular weight excluding hydrogens is 256 g/mol. The maximum Gasteiger partial charge on any atom is 0.155 e. The highest BCUT2D eigenvalue weighted by molar-refractivity contribution is 8.03. The van der Waals surface area contributed by atoms with Crippen LogP contribution in [0, 0.1) is 0 Å². The highest BCUT2D eigenvalue weighted by Gasteiger charge is 2.18. The molecule has 0 bridgehead atoms. The fourth-order valence-electron chi connectivity index (χ4n) is 1.65. The van der Waals surface area contributed by atoms with Crippen molar-refractivity contribution in [3.8, 4) is 0 Å². The molecule has 2 rings (SSSR count). The van der Waals surface area contributed by atoms with E-state index < -0.39 is 0 Å². The molecule has 1 fully saturated rings. The second kappa shape index (κ2) is 5.56. The molecule has 0 N–H and O–H groups in total. The van der Waals surface area contributed by atoms with Crippen LogP contribution in [0.4, 0.5) is 0 Å². The van der Waals surface area contributed by atoms with Crippen LogP contribution in [0.25, 0.3) is 0 Å². The summed E-state index contributed by atoms with van der Waals surface area (Å²) in [5, 5.41) is 1.55. The van der Waals surface area contributed by atoms with Gasteiger partial charge in [-0.3, -0.25) is 4.79 Å². The number of rotatable bonds is 3. The molecule has 5 heteroatoms. The first-order valence-electron chi connectivity index (χ1n) is 5.35. The maximum absolute atomic E-state index is 11.1. The van der Waals surface area contributed by atoms with Gasteiger partial charge in [-0.1, -0.05) is 17.7 Å². The third kappa shape index (κ3) is 3.48. The van der Waals surface area contributed by atoms with Gasteiger partial charge in [-0.05, 0) is 18.6 Å². The number of carbonyl (C=O) groups excluding carboxylic acids is 1. The van der Waals surface area contributed by atoms with Crippen LogP contribution in [-0.4, -0.2) is 28.0 Å².